The van der Waals surface area contributed by atoms with Crippen molar-refractivity contribution in [3.63, 3.8) is 0 Å². The van der Waals surface area contributed by atoms with E-state index in [4.69, 9.17) is 0 Å². The molecule has 0 bridgehead atoms. The molecule has 0 radical (unpaired) electrons. The van der Waals surface area contributed by atoms with E-state index < -0.39 is 10.0 Å². The van der Waals surface area contributed by atoms with Crippen LogP contribution in [0.1, 0.15) is 12.8 Å². The summed E-state index contributed by atoms with van der Waals surface area (Å²) in [4.78, 5) is 30.1. The summed E-state index contributed by atoms with van der Waals surface area (Å²) in [7, 11) is 2.05. The Balaban J connectivity index is 1.82. The third-order valence-corrected chi connectivity index (χ3v) is 7.34. The van der Waals surface area contributed by atoms with E-state index in [-0.39, 0.29) is 29.3 Å². The highest BCUT2D eigenvalue weighted by atomic mass is 32.2. The molecule has 3 aliphatic heterocycles. The number of amides is 3. The predicted molar refractivity (Wildman–Crippen MR) is 88.8 cm³/mol. The minimum absolute atomic E-state index is 0.0661. The second-order valence-electron chi connectivity index (χ2n) is 7.46. The lowest BCUT2D eigenvalue weighted by Crippen LogP contribution is -2.56. The van der Waals surface area contributed by atoms with Crippen LogP contribution in [0, 0.1) is 11.8 Å². The summed E-state index contributed by atoms with van der Waals surface area (Å²) >= 11 is 0. The highest BCUT2D eigenvalue weighted by Crippen LogP contribution is 2.49. The Kier molecular flexibility index (Phi) is 4.07. The molecular formula is C15H26N4O4S. The fourth-order valence-electron chi connectivity index (χ4n) is 4.67. The number of piperidine rings is 1. The standard InChI is InChI=1S/C15H26N4O4S/c1-16(2)14(21)18-9-11-12(10-18)15(17(3)13(11)20)5-7-19(8-6-15)24(4,22)23/h11-12H,5-10H2,1-4H3/t11-,12-/m1/s1. The number of hydrogen-bond donors (Lipinski definition) is 0. The Bertz CT molecular complexity index is 654. The van der Waals surface area contributed by atoms with Gasteiger partial charge < -0.3 is 14.7 Å². The lowest BCUT2D eigenvalue weighted by atomic mass is 9.75. The van der Waals surface area contributed by atoms with Crippen molar-refractivity contribution < 1.29 is 18.0 Å². The third-order valence-electron chi connectivity index (χ3n) is 6.04. The number of fused-ring (bicyclic) bond motifs is 2. The van der Waals surface area contributed by atoms with Crippen LogP contribution in [-0.2, 0) is 14.8 Å². The summed E-state index contributed by atoms with van der Waals surface area (Å²) in [6.07, 6.45) is 2.49. The van der Waals surface area contributed by atoms with E-state index in [1.807, 2.05) is 11.9 Å². The van der Waals surface area contributed by atoms with Crippen LogP contribution in [0.2, 0.25) is 0 Å². The summed E-state index contributed by atoms with van der Waals surface area (Å²) in [6, 6.07) is -0.0661. The Labute approximate surface area is 143 Å². The molecule has 9 heteroatoms. The van der Waals surface area contributed by atoms with E-state index in [0.29, 0.717) is 39.0 Å². The number of nitrogens with zero attached hydrogens (tertiary/aromatic N) is 4. The first-order valence-electron chi connectivity index (χ1n) is 8.27. The van der Waals surface area contributed by atoms with Crippen LogP contribution in [0.3, 0.4) is 0 Å². The van der Waals surface area contributed by atoms with Gasteiger partial charge in [-0.1, -0.05) is 0 Å². The van der Waals surface area contributed by atoms with Crippen molar-refractivity contribution in [1.29, 1.82) is 0 Å². The Morgan fingerprint density at radius 1 is 1.21 bits per heavy atom. The highest BCUT2D eigenvalue weighted by molar-refractivity contribution is 7.88. The van der Waals surface area contributed by atoms with Gasteiger partial charge in [0.15, 0.2) is 0 Å². The van der Waals surface area contributed by atoms with Crippen molar-refractivity contribution in [1.82, 2.24) is 19.0 Å². The SMILES string of the molecule is CN(C)C(=O)N1C[C@@H]2[C@@H](C1)C(=O)N(C)C21CCN(S(C)(=O)=O)CC1. The maximum atomic E-state index is 12.7. The lowest BCUT2D eigenvalue weighted by Gasteiger charge is -2.46. The van der Waals surface area contributed by atoms with E-state index in [1.165, 1.54) is 15.5 Å². The second kappa shape index (κ2) is 5.59. The number of carbonyl (C=O) groups is 2. The molecule has 3 saturated heterocycles. The van der Waals surface area contributed by atoms with E-state index >= 15 is 0 Å². The zero-order chi connectivity index (χ0) is 17.9. The van der Waals surface area contributed by atoms with E-state index in [9.17, 15) is 18.0 Å². The number of carbonyl (C=O) groups excluding carboxylic acids is 2. The molecule has 8 nitrogen and oxygen atoms in total. The van der Waals surface area contributed by atoms with Crippen LogP contribution in [0.15, 0.2) is 0 Å². The highest BCUT2D eigenvalue weighted by Gasteiger charge is 2.61. The summed E-state index contributed by atoms with van der Waals surface area (Å²) in [5, 5.41) is 0. The normalized spacial score (nSPS) is 30.1. The van der Waals surface area contributed by atoms with Gasteiger partial charge in [-0.2, -0.15) is 0 Å². The number of sulfonamides is 1. The van der Waals surface area contributed by atoms with Gasteiger partial charge in [-0.25, -0.2) is 17.5 Å². The fraction of sp³-hybridized carbons (Fsp3) is 0.867. The zero-order valence-corrected chi connectivity index (χ0v) is 15.5. The van der Waals surface area contributed by atoms with Gasteiger partial charge in [-0.3, -0.25) is 4.79 Å². The lowest BCUT2D eigenvalue weighted by molar-refractivity contribution is -0.133. The van der Waals surface area contributed by atoms with Gasteiger partial charge in [0.2, 0.25) is 15.9 Å². The van der Waals surface area contributed by atoms with Crippen LogP contribution in [-0.4, -0.2) is 98.5 Å². The number of likely N-dealkylation sites (tertiary alicyclic amines) is 2. The Morgan fingerprint density at radius 3 is 2.29 bits per heavy atom. The number of urea groups is 1. The van der Waals surface area contributed by atoms with Gasteiger partial charge in [0.25, 0.3) is 0 Å². The molecule has 0 aromatic rings. The first-order valence-corrected chi connectivity index (χ1v) is 10.1. The van der Waals surface area contributed by atoms with Gasteiger partial charge >= 0.3 is 6.03 Å². The molecule has 3 fully saturated rings. The molecular weight excluding hydrogens is 332 g/mol. The van der Waals surface area contributed by atoms with Crippen molar-refractivity contribution >= 4 is 22.0 Å². The maximum absolute atomic E-state index is 12.7. The first-order chi connectivity index (χ1) is 11.1. The monoisotopic (exact) mass is 358 g/mol. The van der Waals surface area contributed by atoms with Crippen LogP contribution in [0.5, 0.6) is 0 Å². The smallest absolute Gasteiger partial charge is 0.319 e. The quantitative estimate of drug-likeness (QED) is 0.632. The topological polar surface area (TPSA) is 81.2 Å². The van der Waals surface area contributed by atoms with E-state index in [1.54, 1.807) is 19.0 Å². The van der Waals surface area contributed by atoms with Gasteiger partial charge in [0.1, 0.15) is 0 Å². The van der Waals surface area contributed by atoms with Crippen molar-refractivity contribution in [3.8, 4) is 0 Å². The average molecular weight is 358 g/mol. The first kappa shape index (κ1) is 17.5. The second-order valence-corrected chi connectivity index (χ2v) is 9.44. The van der Waals surface area contributed by atoms with Crippen LogP contribution >= 0.6 is 0 Å². The number of rotatable bonds is 1. The molecule has 24 heavy (non-hydrogen) atoms. The molecule has 1 spiro atoms. The molecule has 0 aliphatic carbocycles. The van der Waals surface area contributed by atoms with Crippen LogP contribution in [0.25, 0.3) is 0 Å². The summed E-state index contributed by atoms with van der Waals surface area (Å²) in [6.45, 7) is 1.89. The van der Waals surface area contributed by atoms with Crippen molar-refractivity contribution in [3.05, 3.63) is 0 Å². The van der Waals surface area contributed by atoms with Crippen molar-refractivity contribution in [2.24, 2.45) is 11.8 Å². The molecule has 0 saturated carbocycles. The van der Waals surface area contributed by atoms with Crippen molar-refractivity contribution in [2.75, 3.05) is 53.6 Å². The minimum atomic E-state index is -3.20. The molecule has 3 aliphatic rings. The van der Waals surface area contributed by atoms with Gasteiger partial charge in [0.05, 0.1) is 17.7 Å². The molecule has 136 valence electrons. The number of hydrogen-bond acceptors (Lipinski definition) is 4. The third kappa shape index (κ3) is 2.48. The Hall–Kier alpha value is -1.35. The van der Waals surface area contributed by atoms with Gasteiger partial charge in [-0.15, -0.1) is 0 Å². The van der Waals surface area contributed by atoms with Gasteiger partial charge in [-0.05, 0) is 12.8 Å². The summed E-state index contributed by atoms with van der Waals surface area (Å²) in [5.74, 6) is 0.00570. The average Bonchev–Trinajstić information content (AvgIpc) is 3.03. The molecule has 0 unspecified atom stereocenters. The minimum Gasteiger partial charge on any atom is -0.339 e. The van der Waals surface area contributed by atoms with Crippen molar-refractivity contribution in [2.45, 2.75) is 18.4 Å². The zero-order valence-electron chi connectivity index (χ0n) is 14.7. The largest absolute Gasteiger partial charge is 0.339 e. The predicted octanol–water partition coefficient (Wildman–Crippen LogP) is -0.518. The fourth-order valence-corrected chi connectivity index (χ4v) is 5.51. The molecule has 3 amide bonds. The molecule has 3 heterocycles. The maximum Gasteiger partial charge on any atom is 0.319 e. The van der Waals surface area contributed by atoms with Crippen LogP contribution in [0.4, 0.5) is 4.79 Å². The van der Waals surface area contributed by atoms with E-state index in [2.05, 4.69) is 0 Å². The summed E-state index contributed by atoms with van der Waals surface area (Å²) in [5.41, 5.74) is -0.329. The molecule has 0 N–H and O–H groups in total. The Morgan fingerprint density at radius 2 is 1.79 bits per heavy atom. The summed E-state index contributed by atoms with van der Waals surface area (Å²) < 4.78 is 25.0. The van der Waals surface area contributed by atoms with Crippen LogP contribution < -0.4 is 0 Å². The van der Waals surface area contributed by atoms with E-state index in [0.717, 1.165) is 0 Å². The molecule has 0 aromatic carbocycles. The van der Waals surface area contributed by atoms with Gasteiger partial charge in [0, 0.05) is 53.2 Å². The molecule has 0 aromatic heterocycles. The molecule has 2 atom stereocenters. The molecule has 3 rings (SSSR count).